The molecule has 3 aromatic heterocycles. The van der Waals surface area contributed by atoms with Crippen molar-refractivity contribution < 1.29 is 8.81 Å². The third-order valence-corrected chi connectivity index (χ3v) is 5.18. The number of fused-ring (bicyclic) bond motifs is 1. The Morgan fingerprint density at radius 3 is 2.79 bits per heavy atom. The zero-order valence-electron chi connectivity index (χ0n) is 15.4. The Balaban J connectivity index is 1.28. The highest BCUT2D eigenvalue weighted by Crippen LogP contribution is 2.29. The van der Waals surface area contributed by atoms with E-state index in [4.69, 9.17) is 4.42 Å². The Kier molecular flexibility index (Phi) is 4.30. The van der Waals surface area contributed by atoms with Crippen LogP contribution in [0, 0.1) is 5.82 Å². The SMILES string of the molecule is O=c1ccc(-n2cncn2)nn1C1CCC(Nc2nc3cc(F)ccc3o2)CC1. The van der Waals surface area contributed by atoms with Crippen LogP contribution in [0.3, 0.4) is 0 Å². The molecule has 0 saturated heterocycles. The molecule has 1 N–H and O–H groups in total. The number of nitrogens with zero attached hydrogens (tertiary/aromatic N) is 6. The molecule has 0 unspecified atom stereocenters. The Hall–Kier alpha value is -3.56. The zero-order chi connectivity index (χ0) is 19.8. The van der Waals surface area contributed by atoms with Crippen molar-refractivity contribution >= 4 is 17.1 Å². The van der Waals surface area contributed by atoms with E-state index in [1.165, 1.54) is 33.9 Å². The summed E-state index contributed by atoms with van der Waals surface area (Å²) in [5.74, 6) is 0.213. The van der Waals surface area contributed by atoms with Gasteiger partial charge in [0.2, 0.25) is 0 Å². The van der Waals surface area contributed by atoms with Gasteiger partial charge in [-0.3, -0.25) is 4.79 Å². The number of anilines is 1. The van der Waals surface area contributed by atoms with Crippen molar-refractivity contribution in [3.8, 4) is 5.82 Å². The maximum atomic E-state index is 13.3. The first-order chi connectivity index (χ1) is 14.2. The second-order valence-corrected chi connectivity index (χ2v) is 7.10. The average Bonchev–Trinajstić information content (AvgIpc) is 3.38. The molecule has 9 nitrogen and oxygen atoms in total. The smallest absolute Gasteiger partial charge is 0.295 e. The molecule has 10 heteroatoms. The van der Waals surface area contributed by atoms with Crippen molar-refractivity contribution in [3.05, 3.63) is 59.2 Å². The molecule has 0 atom stereocenters. The van der Waals surface area contributed by atoms with E-state index in [1.54, 1.807) is 18.5 Å². The van der Waals surface area contributed by atoms with Gasteiger partial charge in [0.1, 0.15) is 24.0 Å². The van der Waals surface area contributed by atoms with Gasteiger partial charge in [0, 0.05) is 18.2 Å². The van der Waals surface area contributed by atoms with Crippen molar-refractivity contribution in [2.75, 3.05) is 5.32 Å². The van der Waals surface area contributed by atoms with Crippen LogP contribution in [0.2, 0.25) is 0 Å². The second kappa shape index (κ2) is 7.12. The summed E-state index contributed by atoms with van der Waals surface area (Å²) >= 11 is 0. The van der Waals surface area contributed by atoms with Gasteiger partial charge in [-0.15, -0.1) is 5.10 Å². The van der Waals surface area contributed by atoms with Crippen LogP contribution in [0.25, 0.3) is 16.9 Å². The minimum Gasteiger partial charge on any atom is -0.424 e. The summed E-state index contributed by atoms with van der Waals surface area (Å²) in [4.78, 5) is 20.5. The van der Waals surface area contributed by atoms with Gasteiger partial charge in [-0.05, 0) is 43.9 Å². The molecule has 0 radical (unpaired) electrons. The molecule has 0 amide bonds. The molecule has 0 aliphatic heterocycles. The van der Waals surface area contributed by atoms with Crippen LogP contribution in [0.5, 0.6) is 0 Å². The van der Waals surface area contributed by atoms with E-state index in [1.807, 2.05) is 0 Å². The maximum absolute atomic E-state index is 13.3. The molecule has 0 bridgehead atoms. The Morgan fingerprint density at radius 1 is 1.14 bits per heavy atom. The molecule has 5 rings (SSSR count). The number of halogens is 1. The number of nitrogens with one attached hydrogen (secondary N) is 1. The van der Waals surface area contributed by atoms with Crippen LogP contribution in [0.1, 0.15) is 31.7 Å². The average molecular weight is 395 g/mol. The number of oxazole rings is 1. The van der Waals surface area contributed by atoms with Gasteiger partial charge in [0.15, 0.2) is 11.4 Å². The van der Waals surface area contributed by atoms with Gasteiger partial charge in [0.05, 0.1) is 6.04 Å². The van der Waals surface area contributed by atoms with Gasteiger partial charge in [-0.25, -0.2) is 18.7 Å². The lowest BCUT2D eigenvalue weighted by Crippen LogP contribution is -2.33. The maximum Gasteiger partial charge on any atom is 0.295 e. The van der Waals surface area contributed by atoms with E-state index >= 15 is 0 Å². The normalized spacial score (nSPS) is 19.5. The molecule has 4 aromatic rings. The van der Waals surface area contributed by atoms with E-state index in [9.17, 15) is 9.18 Å². The van der Waals surface area contributed by atoms with Crippen molar-refractivity contribution in [2.24, 2.45) is 0 Å². The first-order valence-electron chi connectivity index (χ1n) is 9.43. The van der Waals surface area contributed by atoms with Crippen LogP contribution < -0.4 is 10.9 Å². The first-order valence-corrected chi connectivity index (χ1v) is 9.43. The summed E-state index contributed by atoms with van der Waals surface area (Å²) in [6.45, 7) is 0. The van der Waals surface area contributed by atoms with Gasteiger partial charge >= 0.3 is 0 Å². The van der Waals surface area contributed by atoms with Crippen LogP contribution in [-0.4, -0.2) is 35.6 Å². The summed E-state index contributed by atoms with van der Waals surface area (Å²) < 4.78 is 22.0. The Labute approximate surface area is 164 Å². The third-order valence-electron chi connectivity index (χ3n) is 5.18. The topological polar surface area (TPSA) is 104 Å². The highest BCUT2D eigenvalue weighted by atomic mass is 19.1. The third kappa shape index (κ3) is 3.48. The van der Waals surface area contributed by atoms with Crippen LogP contribution in [0.4, 0.5) is 10.4 Å². The molecule has 1 aromatic carbocycles. The number of aromatic nitrogens is 6. The molecular formula is C19H18FN7O2. The largest absolute Gasteiger partial charge is 0.424 e. The van der Waals surface area contributed by atoms with Gasteiger partial charge in [-0.1, -0.05) is 0 Å². The van der Waals surface area contributed by atoms with E-state index in [-0.39, 0.29) is 23.5 Å². The fourth-order valence-corrected chi connectivity index (χ4v) is 3.73. The molecule has 1 aliphatic carbocycles. The quantitative estimate of drug-likeness (QED) is 0.566. The minimum absolute atomic E-state index is 0.0155. The van der Waals surface area contributed by atoms with Crippen LogP contribution >= 0.6 is 0 Å². The van der Waals surface area contributed by atoms with Gasteiger partial charge < -0.3 is 9.73 Å². The summed E-state index contributed by atoms with van der Waals surface area (Å²) in [5.41, 5.74) is 0.899. The summed E-state index contributed by atoms with van der Waals surface area (Å²) in [7, 11) is 0. The lowest BCUT2D eigenvalue weighted by Gasteiger charge is -2.29. The lowest BCUT2D eigenvalue weighted by atomic mass is 9.91. The van der Waals surface area contributed by atoms with Gasteiger partial charge in [0.25, 0.3) is 11.6 Å². The molecule has 1 aliphatic rings. The number of rotatable bonds is 4. The van der Waals surface area contributed by atoms with Crippen molar-refractivity contribution in [3.63, 3.8) is 0 Å². The zero-order valence-corrected chi connectivity index (χ0v) is 15.4. The highest BCUT2D eigenvalue weighted by Gasteiger charge is 2.25. The molecular weight excluding hydrogens is 377 g/mol. The monoisotopic (exact) mass is 395 g/mol. The number of hydrogen-bond acceptors (Lipinski definition) is 7. The molecule has 1 saturated carbocycles. The Morgan fingerprint density at radius 2 is 2.00 bits per heavy atom. The van der Waals surface area contributed by atoms with E-state index < -0.39 is 0 Å². The molecule has 0 spiro atoms. The van der Waals surface area contributed by atoms with Crippen molar-refractivity contribution in [1.82, 2.24) is 29.5 Å². The Bertz CT molecular complexity index is 1190. The predicted molar refractivity (Wildman–Crippen MR) is 102 cm³/mol. The minimum atomic E-state index is -0.344. The van der Waals surface area contributed by atoms with E-state index in [0.29, 0.717) is 22.9 Å². The van der Waals surface area contributed by atoms with Gasteiger partial charge in [-0.2, -0.15) is 10.1 Å². The number of hydrogen-bond donors (Lipinski definition) is 1. The predicted octanol–water partition coefficient (Wildman–Crippen LogP) is 2.70. The first kappa shape index (κ1) is 17.5. The highest BCUT2D eigenvalue weighted by molar-refractivity contribution is 5.74. The fourth-order valence-electron chi connectivity index (χ4n) is 3.73. The van der Waals surface area contributed by atoms with Crippen LogP contribution in [-0.2, 0) is 0 Å². The fraction of sp³-hybridized carbons (Fsp3) is 0.316. The number of benzene rings is 1. The summed E-state index contributed by atoms with van der Waals surface area (Å²) in [6, 6.07) is 7.97. The molecule has 29 heavy (non-hydrogen) atoms. The summed E-state index contributed by atoms with van der Waals surface area (Å²) in [6.07, 6.45) is 6.22. The standard InChI is InChI=1S/C19H18FN7O2/c20-12-1-6-16-15(9-12)24-19(29-16)23-13-2-4-14(5-3-13)27-18(28)8-7-17(25-27)26-11-21-10-22-26/h1,6-11,13-14H,2-5H2,(H,23,24). The van der Waals surface area contributed by atoms with Crippen molar-refractivity contribution in [2.45, 2.75) is 37.8 Å². The summed E-state index contributed by atoms with van der Waals surface area (Å²) in [5, 5.41) is 11.8. The molecule has 1 fully saturated rings. The molecule has 3 heterocycles. The van der Waals surface area contributed by atoms with E-state index in [0.717, 1.165) is 25.7 Å². The van der Waals surface area contributed by atoms with E-state index in [2.05, 4.69) is 25.5 Å². The van der Waals surface area contributed by atoms with Crippen LogP contribution in [0.15, 0.2) is 52.2 Å². The second-order valence-electron chi connectivity index (χ2n) is 7.10. The van der Waals surface area contributed by atoms with Crippen molar-refractivity contribution in [1.29, 1.82) is 0 Å². The molecule has 148 valence electrons. The lowest BCUT2D eigenvalue weighted by molar-refractivity contribution is 0.301.